The lowest BCUT2D eigenvalue weighted by Crippen LogP contribution is -2.28. The van der Waals surface area contributed by atoms with Crippen LogP contribution in [-0.4, -0.2) is 16.3 Å². The van der Waals surface area contributed by atoms with Crippen molar-refractivity contribution in [2.24, 2.45) is 12.5 Å². The van der Waals surface area contributed by atoms with Gasteiger partial charge in [-0.15, -0.1) is 0 Å². The molecule has 0 saturated carbocycles. The molecule has 1 N–H and O–H groups in total. The van der Waals surface area contributed by atoms with Crippen molar-refractivity contribution < 1.29 is 0 Å². The van der Waals surface area contributed by atoms with E-state index in [0.29, 0.717) is 11.5 Å². The third kappa shape index (κ3) is 4.43. The Morgan fingerprint density at radius 1 is 1.47 bits per heavy atom. The van der Waals surface area contributed by atoms with E-state index >= 15 is 0 Å². The van der Waals surface area contributed by atoms with Gasteiger partial charge in [-0.3, -0.25) is 4.68 Å². The maximum Gasteiger partial charge on any atom is 0.0692 e. The van der Waals surface area contributed by atoms with Gasteiger partial charge in [0.2, 0.25) is 0 Å². The normalized spacial score (nSPS) is 14.0. The molecule has 17 heavy (non-hydrogen) atoms. The summed E-state index contributed by atoms with van der Waals surface area (Å²) in [6.45, 7) is 10.1. The fourth-order valence-electron chi connectivity index (χ4n) is 2.01. The predicted molar refractivity (Wildman–Crippen MR) is 76.0 cm³/mol. The van der Waals surface area contributed by atoms with E-state index in [0.717, 1.165) is 23.9 Å². The topological polar surface area (TPSA) is 29.9 Å². The molecule has 98 valence electrons. The number of rotatable bonds is 5. The Morgan fingerprint density at radius 3 is 2.53 bits per heavy atom. The average Bonchev–Trinajstić information content (AvgIpc) is 2.52. The summed E-state index contributed by atoms with van der Waals surface area (Å²) in [6.07, 6.45) is 4.12. The minimum absolute atomic E-state index is 0.301. The van der Waals surface area contributed by atoms with E-state index < -0.39 is 0 Å². The molecule has 0 aliphatic rings. The van der Waals surface area contributed by atoms with E-state index in [4.69, 9.17) is 0 Å². The second-order valence-electron chi connectivity index (χ2n) is 5.77. The van der Waals surface area contributed by atoms with Crippen molar-refractivity contribution in [2.75, 3.05) is 6.54 Å². The van der Waals surface area contributed by atoms with E-state index in [1.165, 1.54) is 5.69 Å². The maximum absolute atomic E-state index is 4.30. The summed E-state index contributed by atoms with van der Waals surface area (Å²) >= 11 is 3.59. The standard InChI is InChI=1S/C13H24BrN3/c1-6-7-15-11(8-13(2,3)4)12-10(14)9-16-17(12)5/h9,11,15H,6-8H2,1-5H3. The molecule has 1 aromatic heterocycles. The predicted octanol–water partition coefficient (Wildman–Crippen LogP) is 3.66. The molecule has 1 unspecified atom stereocenters. The van der Waals surface area contributed by atoms with Crippen molar-refractivity contribution in [2.45, 2.75) is 46.6 Å². The second kappa shape index (κ2) is 6.01. The van der Waals surface area contributed by atoms with Gasteiger partial charge < -0.3 is 5.32 Å². The van der Waals surface area contributed by atoms with Crippen molar-refractivity contribution in [1.82, 2.24) is 15.1 Å². The number of halogens is 1. The number of aromatic nitrogens is 2. The second-order valence-corrected chi connectivity index (χ2v) is 6.63. The summed E-state index contributed by atoms with van der Waals surface area (Å²) in [5, 5.41) is 7.92. The minimum atomic E-state index is 0.301. The van der Waals surface area contributed by atoms with E-state index in [-0.39, 0.29) is 0 Å². The first-order valence-electron chi connectivity index (χ1n) is 6.26. The molecule has 0 aliphatic carbocycles. The first kappa shape index (κ1) is 14.7. The Labute approximate surface area is 113 Å². The van der Waals surface area contributed by atoms with Crippen molar-refractivity contribution in [3.63, 3.8) is 0 Å². The zero-order valence-electron chi connectivity index (χ0n) is 11.5. The summed E-state index contributed by atoms with van der Waals surface area (Å²) in [4.78, 5) is 0. The summed E-state index contributed by atoms with van der Waals surface area (Å²) in [5.41, 5.74) is 1.54. The number of nitrogens with one attached hydrogen (secondary N) is 1. The Bertz CT molecular complexity index is 333. The summed E-state index contributed by atoms with van der Waals surface area (Å²) < 4.78 is 3.06. The monoisotopic (exact) mass is 301 g/mol. The van der Waals surface area contributed by atoms with Gasteiger partial charge in [0, 0.05) is 7.05 Å². The zero-order valence-corrected chi connectivity index (χ0v) is 13.1. The highest BCUT2D eigenvalue weighted by Crippen LogP contribution is 2.32. The third-order valence-corrected chi connectivity index (χ3v) is 3.34. The highest BCUT2D eigenvalue weighted by Gasteiger charge is 2.24. The van der Waals surface area contributed by atoms with Crippen molar-refractivity contribution in [3.05, 3.63) is 16.4 Å². The maximum atomic E-state index is 4.30. The van der Waals surface area contributed by atoms with E-state index in [9.17, 15) is 0 Å². The molecule has 0 spiro atoms. The number of aryl methyl sites for hydroxylation is 1. The van der Waals surface area contributed by atoms with Gasteiger partial charge in [0.25, 0.3) is 0 Å². The molecule has 1 aromatic rings. The average molecular weight is 302 g/mol. The van der Waals surface area contributed by atoms with Crippen LogP contribution in [-0.2, 0) is 7.05 Å². The molecule has 0 radical (unpaired) electrons. The number of hydrogen-bond acceptors (Lipinski definition) is 2. The van der Waals surface area contributed by atoms with E-state index in [1.807, 2.05) is 17.9 Å². The van der Waals surface area contributed by atoms with Crippen LogP contribution in [0.3, 0.4) is 0 Å². The molecule has 0 aliphatic heterocycles. The van der Waals surface area contributed by atoms with Gasteiger partial charge in [-0.25, -0.2) is 0 Å². The molecule has 3 nitrogen and oxygen atoms in total. The van der Waals surface area contributed by atoms with Crippen LogP contribution in [0.5, 0.6) is 0 Å². The fourth-order valence-corrected chi connectivity index (χ4v) is 2.63. The SMILES string of the molecule is CCCNC(CC(C)(C)C)c1c(Br)cnn1C. The molecule has 0 bridgehead atoms. The Hall–Kier alpha value is -0.350. The van der Waals surface area contributed by atoms with Gasteiger partial charge in [0.05, 0.1) is 22.4 Å². The van der Waals surface area contributed by atoms with Crippen molar-refractivity contribution in [3.8, 4) is 0 Å². The first-order valence-corrected chi connectivity index (χ1v) is 7.05. The molecule has 1 heterocycles. The van der Waals surface area contributed by atoms with Crippen LogP contribution in [0.4, 0.5) is 0 Å². The van der Waals surface area contributed by atoms with E-state index in [2.05, 4.69) is 54.0 Å². The molecule has 0 amide bonds. The zero-order chi connectivity index (χ0) is 13.1. The molecule has 0 fully saturated rings. The van der Waals surface area contributed by atoms with Gasteiger partial charge in [-0.2, -0.15) is 5.10 Å². The number of nitrogens with zero attached hydrogens (tertiary/aromatic N) is 2. The Balaban J connectivity index is 2.90. The first-order chi connectivity index (χ1) is 7.85. The van der Waals surface area contributed by atoms with Gasteiger partial charge >= 0.3 is 0 Å². The third-order valence-electron chi connectivity index (χ3n) is 2.72. The van der Waals surface area contributed by atoms with Crippen LogP contribution < -0.4 is 5.32 Å². The molecule has 4 heteroatoms. The molecule has 1 rings (SSSR count). The van der Waals surface area contributed by atoms with E-state index in [1.54, 1.807) is 0 Å². The van der Waals surface area contributed by atoms with Crippen LogP contribution in [0.25, 0.3) is 0 Å². The van der Waals surface area contributed by atoms with Crippen LogP contribution >= 0.6 is 15.9 Å². The Kier molecular flexibility index (Phi) is 5.20. The highest BCUT2D eigenvalue weighted by molar-refractivity contribution is 9.10. The van der Waals surface area contributed by atoms with Gasteiger partial charge in [0.15, 0.2) is 0 Å². The van der Waals surface area contributed by atoms with Gasteiger partial charge in [-0.05, 0) is 40.7 Å². The highest BCUT2D eigenvalue weighted by atomic mass is 79.9. The molecular formula is C13H24BrN3. The van der Waals surface area contributed by atoms with Crippen molar-refractivity contribution >= 4 is 15.9 Å². The molecule has 1 atom stereocenters. The lowest BCUT2D eigenvalue weighted by Gasteiger charge is -2.27. The van der Waals surface area contributed by atoms with Crippen LogP contribution in [0.2, 0.25) is 0 Å². The molecular weight excluding hydrogens is 278 g/mol. The summed E-state index contributed by atoms with van der Waals surface area (Å²) in [5.74, 6) is 0. The lowest BCUT2D eigenvalue weighted by atomic mass is 9.87. The van der Waals surface area contributed by atoms with Gasteiger partial charge in [0.1, 0.15) is 0 Å². The quantitative estimate of drug-likeness (QED) is 0.899. The van der Waals surface area contributed by atoms with Crippen LogP contribution in [0.1, 0.15) is 52.3 Å². The fraction of sp³-hybridized carbons (Fsp3) is 0.769. The molecule has 0 aromatic carbocycles. The van der Waals surface area contributed by atoms with Crippen LogP contribution in [0.15, 0.2) is 10.7 Å². The van der Waals surface area contributed by atoms with Crippen LogP contribution in [0, 0.1) is 5.41 Å². The minimum Gasteiger partial charge on any atom is -0.309 e. The van der Waals surface area contributed by atoms with Crippen molar-refractivity contribution in [1.29, 1.82) is 0 Å². The summed E-state index contributed by atoms with van der Waals surface area (Å²) in [7, 11) is 2.00. The molecule has 0 saturated heterocycles. The van der Waals surface area contributed by atoms with Gasteiger partial charge in [-0.1, -0.05) is 27.7 Å². The number of hydrogen-bond donors (Lipinski definition) is 1. The largest absolute Gasteiger partial charge is 0.309 e. The lowest BCUT2D eigenvalue weighted by molar-refractivity contribution is 0.303. The summed E-state index contributed by atoms with van der Waals surface area (Å²) in [6, 6.07) is 0.358. The smallest absolute Gasteiger partial charge is 0.0692 e. The Morgan fingerprint density at radius 2 is 2.12 bits per heavy atom.